The summed E-state index contributed by atoms with van der Waals surface area (Å²) in [5, 5.41) is 3.31. The van der Waals surface area contributed by atoms with Gasteiger partial charge in [-0.25, -0.2) is 15.0 Å². The summed E-state index contributed by atoms with van der Waals surface area (Å²) in [6.07, 6.45) is 6.85. The Balaban J connectivity index is 1.41. The number of piperidine rings is 1. The van der Waals surface area contributed by atoms with Crippen molar-refractivity contribution in [3.8, 4) is 0 Å². The first-order valence-electron chi connectivity index (χ1n) is 8.85. The standard InChI is InChI=1S/C18H21N7/c1-11(2)25-10-21-14-7-20-17(6-15(14)25)22-16-3-4-19-18(23-16)24-8-12-5-13(12)9-24/h3-4,6-7,10-13H,5,8-9H2,1-2H3,(H,19,20,22,23). The molecule has 25 heavy (non-hydrogen) atoms. The third-order valence-electron chi connectivity index (χ3n) is 5.18. The lowest BCUT2D eigenvalue weighted by atomic mass is 10.3. The normalized spacial score (nSPS) is 21.8. The van der Waals surface area contributed by atoms with Crippen LogP contribution in [0.3, 0.4) is 0 Å². The van der Waals surface area contributed by atoms with Gasteiger partial charge in [0.1, 0.15) is 17.2 Å². The van der Waals surface area contributed by atoms with Gasteiger partial charge in [0.2, 0.25) is 5.95 Å². The van der Waals surface area contributed by atoms with Crippen LogP contribution < -0.4 is 10.2 Å². The van der Waals surface area contributed by atoms with Crippen molar-refractivity contribution in [3.05, 3.63) is 30.9 Å². The highest BCUT2D eigenvalue weighted by Crippen LogP contribution is 2.45. The maximum absolute atomic E-state index is 4.67. The summed E-state index contributed by atoms with van der Waals surface area (Å²) >= 11 is 0. The van der Waals surface area contributed by atoms with Gasteiger partial charge in [-0.3, -0.25) is 0 Å². The van der Waals surface area contributed by atoms with Gasteiger partial charge in [0.15, 0.2) is 0 Å². The molecule has 2 atom stereocenters. The monoisotopic (exact) mass is 335 g/mol. The first kappa shape index (κ1) is 14.6. The molecule has 4 heterocycles. The topological polar surface area (TPSA) is 71.8 Å². The minimum atomic E-state index is 0.354. The number of hydrogen-bond acceptors (Lipinski definition) is 6. The van der Waals surface area contributed by atoms with Gasteiger partial charge in [-0.2, -0.15) is 4.98 Å². The Morgan fingerprint density at radius 2 is 1.96 bits per heavy atom. The van der Waals surface area contributed by atoms with Gasteiger partial charge in [-0.15, -0.1) is 0 Å². The van der Waals surface area contributed by atoms with Crippen molar-refractivity contribution in [1.29, 1.82) is 0 Å². The second-order valence-electron chi connectivity index (χ2n) is 7.33. The van der Waals surface area contributed by atoms with Crippen molar-refractivity contribution in [2.24, 2.45) is 11.8 Å². The van der Waals surface area contributed by atoms with Crippen LogP contribution in [0.4, 0.5) is 17.6 Å². The number of nitrogens with zero attached hydrogens (tertiary/aromatic N) is 6. The fraction of sp³-hybridized carbons (Fsp3) is 0.444. The molecule has 7 nitrogen and oxygen atoms in total. The molecule has 2 aliphatic rings. The molecule has 0 amide bonds. The molecule has 128 valence electrons. The van der Waals surface area contributed by atoms with Crippen LogP contribution in [0.25, 0.3) is 11.0 Å². The number of rotatable bonds is 4. The fourth-order valence-corrected chi connectivity index (χ4v) is 3.67. The van der Waals surface area contributed by atoms with E-state index in [0.29, 0.717) is 6.04 Å². The maximum atomic E-state index is 4.67. The van der Waals surface area contributed by atoms with Crippen molar-refractivity contribution in [3.63, 3.8) is 0 Å². The van der Waals surface area contributed by atoms with E-state index in [9.17, 15) is 0 Å². The smallest absolute Gasteiger partial charge is 0.227 e. The predicted molar refractivity (Wildman–Crippen MR) is 97.0 cm³/mol. The van der Waals surface area contributed by atoms with Gasteiger partial charge in [0.25, 0.3) is 0 Å². The van der Waals surface area contributed by atoms with Crippen molar-refractivity contribution in [1.82, 2.24) is 24.5 Å². The van der Waals surface area contributed by atoms with Crippen LogP contribution in [0, 0.1) is 11.8 Å². The van der Waals surface area contributed by atoms with E-state index in [-0.39, 0.29) is 0 Å². The number of aromatic nitrogens is 5. The van der Waals surface area contributed by atoms with Crippen molar-refractivity contribution in [2.75, 3.05) is 23.3 Å². The highest BCUT2D eigenvalue weighted by molar-refractivity contribution is 5.78. The SMILES string of the molecule is CC(C)n1cnc2cnc(Nc3ccnc(N4CC5CC5C4)n3)cc21. The van der Waals surface area contributed by atoms with Crippen LogP contribution in [-0.4, -0.2) is 37.6 Å². The summed E-state index contributed by atoms with van der Waals surface area (Å²) in [7, 11) is 0. The fourth-order valence-electron chi connectivity index (χ4n) is 3.67. The van der Waals surface area contributed by atoms with Crippen molar-refractivity contribution >= 4 is 28.6 Å². The Bertz CT molecular complexity index is 922. The lowest BCUT2D eigenvalue weighted by molar-refractivity contribution is 0.617. The van der Waals surface area contributed by atoms with Crippen LogP contribution in [0.5, 0.6) is 0 Å². The molecule has 1 saturated heterocycles. The highest BCUT2D eigenvalue weighted by Gasteiger charge is 2.45. The van der Waals surface area contributed by atoms with Crippen molar-refractivity contribution < 1.29 is 0 Å². The zero-order valence-electron chi connectivity index (χ0n) is 14.4. The van der Waals surface area contributed by atoms with Gasteiger partial charge in [-0.1, -0.05) is 0 Å². The molecule has 0 bridgehead atoms. The predicted octanol–water partition coefficient (Wildman–Crippen LogP) is 3.00. The molecule has 0 radical (unpaired) electrons. The van der Waals surface area contributed by atoms with Crippen LogP contribution in [-0.2, 0) is 0 Å². The van der Waals surface area contributed by atoms with Gasteiger partial charge < -0.3 is 14.8 Å². The Hall–Kier alpha value is -2.70. The molecule has 0 spiro atoms. The summed E-state index contributed by atoms with van der Waals surface area (Å²) in [5.41, 5.74) is 1.97. The number of anilines is 3. The zero-order chi connectivity index (χ0) is 17.0. The Morgan fingerprint density at radius 1 is 1.12 bits per heavy atom. The molecule has 5 rings (SSSR count). The van der Waals surface area contributed by atoms with E-state index >= 15 is 0 Å². The average molecular weight is 335 g/mol. The molecule has 1 saturated carbocycles. The number of fused-ring (bicyclic) bond motifs is 2. The molecule has 1 aliphatic heterocycles. The van der Waals surface area contributed by atoms with Gasteiger partial charge in [0, 0.05) is 31.4 Å². The average Bonchev–Trinajstić information content (AvgIpc) is 3.04. The van der Waals surface area contributed by atoms with E-state index in [2.05, 4.69) is 48.6 Å². The first-order valence-corrected chi connectivity index (χ1v) is 8.85. The highest BCUT2D eigenvalue weighted by atomic mass is 15.3. The van der Waals surface area contributed by atoms with Gasteiger partial charge in [-0.05, 0) is 38.2 Å². The lowest BCUT2D eigenvalue weighted by Crippen LogP contribution is -2.24. The van der Waals surface area contributed by atoms with E-state index in [4.69, 9.17) is 0 Å². The Morgan fingerprint density at radius 3 is 2.76 bits per heavy atom. The van der Waals surface area contributed by atoms with Gasteiger partial charge >= 0.3 is 0 Å². The Kier molecular flexibility index (Phi) is 3.16. The molecule has 1 aliphatic carbocycles. The summed E-state index contributed by atoms with van der Waals surface area (Å²) in [4.78, 5) is 20.3. The molecule has 2 fully saturated rings. The van der Waals surface area contributed by atoms with Crippen LogP contribution >= 0.6 is 0 Å². The van der Waals surface area contributed by atoms with Gasteiger partial charge in [0.05, 0.1) is 18.0 Å². The third-order valence-corrected chi connectivity index (χ3v) is 5.18. The maximum Gasteiger partial charge on any atom is 0.227 e. The van der Waals surface area contributed by atoms with Crippen LogP contribution in [0.1, 0.15) is 26.3 Å². The quantitative estimate of drug-likeness (QED) is 0.790. The second-order valence-corrected chi connectivity index (χ2v) is 7.33. The van der Waals surface area contributed by atoms with E-state index in [0.717, 1.165) is 53.5 Å². The Labute approximate surface area is 146 Å². The molecular weight excluding hydrogens is 314 g/mol. The summed E-state index contributed by atoms with van der Waals surface area (Å²) < 4.78 is 2.14. The zero-order valence-corrected chi connectivity index (χ0v) is 14.4. The summed E-state index contributed by atoms with van der Waals surface area (Å²) in [6.45, 7) is 6.47. The van der Waals surface area contributed by atoms with E-state index in [1.807, 2.05) is 24.7 Å². The van der Waals surface area contributed by atoms with E-state index < -0.39 is 0 Å². The second kappa shape index (κ2) is 5.40. The molecule has 7 heteroatoms. The molecule has 0 aromatic carbocycles. The summed E-state index contributed by atoms with van der Waals surface area (Å²) in [5.74, 6) is 4.07. The minimum absolute atomic E-state index is 0.354. The number of hydrogen-bond donors (Lipinski definition) is 1. The number of imidazole rings is 1. The first-order chi connectivity index (χ1) is 12.2. The van der Waals surface area contributed by atoms with Crippen LogP contribution in [0.2, 0.25) is 0 Å². The molecule has 2 unspecified atom stereocenters. The molecule has 3 aromatic heterocycles. The minimum Gasteiger partial charge on any atom is -0.340 e. The third kappa shape index (κ3) is 2.59. The largest absolute Gasteiger partial charge is 0.340 e. The molecule has 1 N–H and O–H groups in total. The van der Waals surface area contributed by atoms with E-state index in [1.165, 1.54) is 6.42 Å². The number of nitrogens with one attached hydrogen (secondary N) is 1. The van der Waals surface area contributed by atoms with Crippen LogP contribution in [0.15, 0.2) is 30.9 Å². The van der Waals surface area contributed by atoms with E-state index in [1.54, 1.807) is 6.20 Å². The van der Waals surface area contributed by atoms with Crippen molar-refractivity contribution in [2.45, 2.75) is 26.3 Å². The summed E-state index contributed by atoms with van der Waals surface area (Å²) in [6, 6.07) is 4.26. The lowest BCUT2D eigenvalue weighted by Gasteiger charge is -2.18. The molecular formula is C18H21N7. The molecule has 3 aromatic rings. The number of pyridine rings is 1.